The summed E-state index contributed by atoms with van der Waals surface area (Å²) in [7, 11) is 0. The highest BCUT2D eigenvalue weighted by atomic mass is 16.2. The first-order chi connectivity index (χ1) is 7.38. The molecule has 0 saturated heterocycles. The van der Waals surface area contributed by atoms with Crippen LogP contribution in [0.15, 0.2) is 24.3 Å². The first-order valence-electron chi connectivity index (χ1n) is 5.69. The molecule has 0 atom stereocenters. The molecule has 2 N–H and O–H groups in total. The lowest BCUT2D eigenvalue weighted by molar-refractivity contribution is 0.574. The molecule has 0 bridgehead atoms. The van der Waals surface area contributed by atoms with E-state index in [2.05, 4.69) is 31.8 Å². The molecule has 1 aromatic carbocycles. The highest BCUT2D eigenvalue weighted by Crippen LogP contribution is 2.25. The van der Waals surface area contributed by atoms with Crippen molar-refractivity contribution < 1.29 is 5.02 Å². The third kappa shape index (κ3) is 2.00. The van der Waals surface area contributed by atoms with E-state index in [1.165, 1.54) is 11.1 Å². The van der Waals surface area contributed by atoms with Crippen molar-refractivity contribution in [1.29, 1.82) is 0 Å². The molecule has 0 amide bonds. The van der Waals surface area contributed by atoms with E-state index in [9.17, 15) is 5.02 Å². The van der Waals surface area contributed by atoms with Gasteiger partial charge in [-0.05, 0) is 23.0 Å². The van der Waals surface area contributed by atoms with Crippen LogP contribution in [0.2, 0.25) is 6.82 Å². The number of rotatable bonds is 1. The van der Waals surface area contributed by atoms with Crippen LogP contribution < -0.4 is 5.46 Å². The largest absolute Gasteiger partial charge is 0.447 e. The summed E-state index contributed by atoms with van der Waals surface area (Å²) in [6.07, 6.45) is 0. The molecule has 0 saturated carbocycles. The first-order valence-corrected chi connectivity index (χ1v) is 5.69. The Hall–Kier alpha value is -1.22. The lowest BCUT2D eigenvalue weighted by Crippen LogP contribution is -2.25. The van der Waals surface area contributed by atoms with Crippen LogP contribution in [0, 0.1) is 0 Å². The normalized spacial score (nSPS) is 12.1. The van der Waals surface area contributed by atoms with Crippen LogP contribution in [0.4, 0.5) is 0 Å². The second-order valence-corrected chi connectivity index (χ2v) is 5.46. The van der Waals surface area contributed by atoms with E-state index in [0.29, 0.717) is 0 Å². The highest BCUT2D eigenvalue weighted by Gasteiger charge is 2.16. The van der Waals surface area contributed by atoms with Gasteiger partial charge in [-0.3, -0.25) is 0 Å². The van der Waals surface area contributed by atoms with Gasteiger partial charge in [-0.1, -0.05) is 39.7 Å². The Balaban J connectivity index is 2.54. The summed E-state index contributed by atoms with van der Waals surface area (Å²) < 4.78 is 0. The second kappa shape index (κ2) is 3.67. The van der Waals surface area contributed by atoms with Gasteiger partial charge in [0.1, 0.15) is 0 Å². The molecule has 0 aliphatic carbocycles. The van der Waals surface area contributed by atoms with Gasteiger partial charge < -0.3 is 10.0 Å². The summed E-state index contributed by atoms with van der Waals surface area (Å²) in [6.45, 7) is 7.95. The Labute approximate surface area is 96.8 Å². The van der Waals surface area contributed by atoms with Gasteiger partial charge >= 0.3 is 6.92 Å². The monoisotopic (exact) mass is 215 g/mol. The Morgan fingerprint density at radius 3 is 2.44 bits per heavy atom. The SMILES string of the molecule is CB(O)c1ccc2[nH]c(C(C)(C)C)cc2c1. The molecule has 0 radical (unpaired) electrons. The van der Waals surface area contributed by atoms with E-state index >= 15 is 0 Å². The van der Waals surface area contributed by atoms with Crippen molar-refractivity contribution in [1.82, 2.24) is 4.98 Å². The number of aromatic nitrogens is 1. The summed E-state index contributed by atoms with van der Waals surface area (Å²) in [4.78, 5) is 3.42. The van der Waals surface area contributed by atoms with Crippen LogP contribution in [0.3, 0.4) is 0 Å². The zero-order valence-corrected chi connectivity index (χ0v) is 10.3. The van der Waals surface area contributed by atoms with Crippen molar-refractivity contribution in [2.75, 3.05) is 0 Å². The maximum atomic E-state index is 9.54. The molecule has 1 aromatic heterocycles. The van der Waals surface area contributed by atoms with Gasteiger partial charge in [-0.2, -0.15) is 0 Å². The zero-order valence-electron chi connectivity index (χ0n) is 10.3. The molecule has 0 fully saturated rings. The number of hydrogen-bond acceptors (Lipinski definition) is 1. The molecule has 3 heteroatoms. The summed E-state index contributed by atoms with van der Waals surface area (Å²) >= 11 is 0. The third-order valence-corrected chi connectivity index (χ3v) is 2.94. The minimum absolute atomic E-state index is 0.129. The van der Waals surface area contributed by atoms with Gasteiger partial charge in [0.05, 0.1) is 0 Å². The van der Waals surface area contributed by atoms with Gasteiger partial charge in [0, 0.05) is 16.6 Å². The van der Waals surface area contributed by atoms with Crippen molar-refractivity contribution >= 4 is 23.3 Å². The smallest absolute Gasteiger partial charge is 0.320 e. The van der Waals surface area contributed by atoms with Crippen LogP contribution in [0.25, 0.3) is 10.9 Å². The molecule has 0 spiro atoms. The van der Waals surface area contributed by atoms with Crippen LogP contribution in [0.1, 0.15) is 26.5 Å². The zero-order chi connectivity index (χ0) is 11.9. The van der Waals surface area contributed by atoms with Crippen molar-refractivity contribution in [2.24, 2.45) is 0 Å². The topological polar surface area (TPSA) is 36.0 Å². The van der Waals surface area contributed by atoms with Crippen molar-refractivity contribution in [2.45, 2.75) is 33.0 Å². The molecule has 2 rings (SSSR count). The number of benzene rings is 1. The minimum Gasteiger partial charge on any atom is -0.447 e. The molecular weight excluding hydrogens is 197 g/mol. The van der Waals surface area contributed by atoms with Crippen LogP contribution in [0.5, 0.6) is 0 Å². The second-order valence-electron chi connectivity index (χ2n) is 5.46. The average Bonchev–Trinajstić information content (AvgIpc) is 2.58. The lowest BCUT2D eigenvalue weighted by atomic mass is 9.64. The minimum atomic E-state index is -0.405. The fourth-order valence-corrected chi connectivity index (χ4v) is 1.81. The molecule has 1 heterocycles. The molecule has 0 aliphatic rings. The number of nitrogens with one attached hydrogen (secondary N) is 1. The molecular formula is C13H18BNO. The number of fused-ring (bicyclic) bond motifs is 1. The fraction of sp³-hybridized carbons (Fsp3) is 0.385. The molecule has 2 aromatic rings. The Kier molecular flexibility index (Phi) is 2.58. The maximum absolute atomic E-state index is 9.54. The molecule has 84 valence electrons. The van der Waals surface area contributed by atoms with E-state index in [4.69, 9.17) is 0 Å². The van der Waals surface area contributed by atoms with Gasteiger partial charge in [0.2, 0.25) is 0 Å². The van der Waals surface area contributed by atoms with E-state index in [1.54, 1.807) is 6.82 Å². The summed E-state index contributed by atoms with van der Waals surface area (Å²) in [5, 5.41) is 10.7. The Morgan fingerprint density at radius 2 is 1.88 bits per heavy atom. The van der Waals surface area contributed by atoms with Gasteiger partial charge in [0.25, 0.3) is 0 Å². The molecule has 16 heavy (non-hydrogen) atoms. The van der Waals surface area contributed by atoms with Crippen molar-refractivity contribution in [3.63, 3.8) is 0 Å². The molecule has 0 unspecified atom stereocenters. The summed E-state index contributed by atoms with van der Waals surface area (Å²) in [6, 6.07) is 8.22. The van der Waals surface area contributed by atoms with Crippen LogP contribution in [-0.2, 0) is 5.41 Å². The summed E-state index contributed by atoms with van der Waals surface area (Å²) in [5.41, 5.74) is 3.45. The number of aromatic amines is 1. The molecule has 0 aliphatic heterocycles. The van der Waals surface area contributed by atoms with Crippen molar-refractivity contribution in [3.05, 3.63) is 30.0 Å². The summed E-state index contributed by atoms with van der Waals surface area (Å²) in [5.74, 6) is 0. The quantitative estimate of drug-likeness (QED) is 0.703. The number of hydrogen-bond donors (Lipinski definition) is 2. The lowest BCUT2D eigenvalue weighted by Gasteiger charge is -2.15. The maximum Gasteiger partial charge on any atom is 0.320 e. The Bertz CT molecular complexity index is 508. The van der Waals surface area contributed by atoms with Crippen molar-refractivity contribution in [3.8, 4) is 0 Å². The van der Waals surface area contributed by atoms with Crippen LogP contribution >= 0.6 is 0 Å². The van der Waals surface area contributed by atoms with Gasteiger partial charge in [-0.15, -0.1) is 0 Å². The van der Waals surface area contributed by atoms with E-state index in [0.717, 1.165) is 11.0 Å². The third-order valence-electron chi connectivity index (χ3n) is 2.94. The average molecular weight is 215 g/mol. The van der Waals surface area contributed by atoms with E-state index < -0.39 is 6.92 Å². The predicted octanol–water partition coefficient (Wildman–Crippen LogP) is 2.29. The first kappa shape index (κ1) is 11.3. The number of H-pyrrole nitrogens is 1. The predicted molar refractivity (Wildman–Crippen MR) is 70.5 cm³/mol. The van der Waals surface area contributed by atoms with E-state index in [1.807, 2.05) is 18.2 Å². The van der Waals surface area contributed by atoms with Crippen LogP contribution in [-0.4, -0.2) is 16.9 Å². The Morgan fingerprint density at radius 1 is 1.19 bits per heavy atom. The standard InChI is InChI=1S/C13H18BNO/c1-13(2,3)12-8-9-7-10(14(4)16)5-6-11(9)15-12/h5-8,15-16H,1-4H3. The van der Waals surface area contributed by atoms with Gasteiger partial charge in [-0.25, -0.2) is 0 Å². The fourth-order valence-electron chi connectivity index (χ4n) is 1.81. The molecule has 2 nitrogen and oxygen atoms in total. The van der Waals surface area contributed by atoms with E-state index in [-0.39, 0.29) is 5.41 Å². The highest BCUT2D eigenvalue weighted by molar-refractivity contribution is 6.65. The van der Waals surface area contributed by atoms with Gasteiger partial charge in [0.15, 0.2) is 0 Å².